The lowest BCUT2D eigenvalue weighted by Crippen LogP contribution is -2.39. The van der Waals surface area contributed by atoms with E-state index in [4.69, 9.17) is 0 Å². The highest BCUT2D eigenvalue weighted by atomic mass is 16.1. The van der Waals surface area contributed by atoms with E-state index in [1.807, 2.05) is 12.3 Å². The number of amides is 1. The second-order valence-corrected chi connectivity index (χ2v) is 6.71. The molecule has 1 aliphatic rings. The van der Waals surface area contributed by atoms with Gasteiger partial charge in [0.1, 0.15) is 5.69 Å². The predicted octanol–water partition coefficient (Wildman–Crippen LogP) is 2.05. The Morgan fingerprint density at radius 2 is 2.04 bits per heavy atom. The minimum absolute atomic E-state index is 0.194. The lowest BCUT2D eigenvalue weighted by molar-refractivity contribution is 0.0941. The number of nitrogens with zero attached hydrogens (tertiary/aromatic N) is 5. The predicted molar refractivity (Wildman–Crippen MR) is 101 cm³/mol. The molecule has 138 valence electrons. The summed E-state index contributed by atoms with van der Waals surface area (Å²) in [5.74, 6) is -0.194. The molecule has 0 radical (unpaired) electrons. The summed E-state index contributed by atoms with van der Waals surface area (Å²) in [6, 6.07) is 12.8. The van der Waals surface area contributed by atoms with Crippen molar-refractivity contribution in [1.82, 2.24) is 30.0 Å². The molecule has 1 amide bonds. The number of aromatic nitrogens is 4. The van der Waals surface area contributed by atoms with E-state index in [0.717, 1.165) is 26.1 Å². The molecule has 1 atom stereocenters. The first-order valence-electron chi connectivity index (χ1n) is 9.12. The van der Waals surface area contributed by atoms with Gasteiger partial charge >= 0.3 is 0 Å². The largest absolute Gasteiger partial charge is 0.351 e. The summed E-state index contributed by atoms with van der Waals surface area (Å²) in [5, 5.41) is 7.42. The van der Waals surface area contributed by atoms with Crippen molar-refractivity contribution in [2.24, 2.45) is 0 Å². The summed E-state index contributed by atoms with van der Waals surface area (Å²) < 4.78 is 2.09. The van der Waals surface area contributed by atoms with Crippen LogP contribution < -0.4 is 5.32 Å². The Labute approximate surface area is 158 Å². The van der Waals surface area contributed by atoms with Crippen LogP contribution in [0.15, 0.2) is 61.2 Å². The molecular weight excluding hydrogens is 340 g/mol. The lowest BCUT2D eigenvalue weighted by Gasteiger charge is -2.34. The molecule has 7 nitrogen and oxygen atoms in total. The standard InChI is InChI=1S/C20H22N6O/c27-20(19-12-21-10-11-22-19)23-8-6-17-14-25(13-16-4-2-1-3-5-16)15-18-7-9-24-26(17)18/h1-5,7,9-12,17H,6,8,13-15H2,(H,23,27)/t17-/m0/s1. The molecule has 7 heteroatoms. The SMILES string of the molecule is O=C(NCC[C@H]1CN(Cc2ccccc2)Cc2ccnn21)c1cnccn1. The maximum atomic E-state index is 12.1. The van der Waals surface area contributed by atoms with Gasteiger partial charge in [0.2, 0.25) is 0 Å². The minimum atomic E-state index is -0.194. The van der Waals surface area contributed by atoms with Crippen LogP contribution in [0.4, 0.5) is 0 Å². The summed E-state index contributed by atoms with van der Waals surface area (Å²) in [6.45, 7) is 3.27. The van der Waals surface area contributed by atoms with Crippen LogP contribution in [-0.2, 0) is 13.1 Å². The monoisotopic (exact) mass is 362 g/mol. The van der Waals surface area contributed by atoms with Crippen LogP contribution in [0, 0.1) is 0 Å². The van der Waals surface area contributed by atoms with E-state index >= 15 is 0 Å². The van der Waals surface area contributed by atoms with Crippen molar-refractivity contribution in [2.75, 3.05) is 13.1 Å². The van der Waals surface area contributed by atoms with Gasteiger partial charge in [0.25, 0.3) is 5.91 Å². The number of carbonyl (C=O) groups excluding carboxylic acids is 1. The highest BCUT2D eigenvalue weighted by Gasteiger charge is 2.25. The second-order valence-electron chi connectivity index (χ2n) is 6.71. The van der Waals surface area contributed by atoms with Crippen molar-refractivity contribution in [3.05, 3.63) is 78.1 Å². The number of hydrogen-bond donors (Lipinski definition) is 1. The fourth-order valence-corrected chi connectivity index (χ4v) is 3.50. The molecule has 0 spiro atoms. The molecule has 0 saturated carbocycles. The molecule has 2 aromatic heterocycles. The van der Waals surface area contributed by atoms with Gasteiger partial charge in [-0.1, -0.05) is 30.3 Å². The van der Waals surface area contributed by atoms with Crippen molar-refractivity contribution in [3.63, 3.8) is 0 Å². The Bertz CT molecular complexity index is 880. The van der Waals surface area contributed by atoms with Crippen molar-refractivity contribution >= 4 is 5.91 Å². The quantitative estimate of drug-likeness (QED) is 0.726. The van der Waals surface area contributed by atoms with Gasteiger partial charge in [-0.25, -0.2) is 4.98 Å². The maximum Gasteiger partial charge on any atom is 0.271 e. The Morgan fingerprint density at radius 3 is 2.85 bits per heavy atom. The van der Waals surface area contributed by atoms with Gasteiger partial charge in [-0.3, -0.25) is 19.4 Å². The molecule has 3 heterocycles. The number of carbonyl (C=O) groups is 1. The molecule has 0 unspecified atom stereocenters. The van der Waals surface area contributed by atoms with Crippen LogP contribution in [0.25, 0.3) is 0 Å². The van der Waals surface area contributed by atoms with E-state index < -0.39 is 0 Å². The average molecular weight is 362 g/mol. The van der Waals surface area contributed by atoms with Gasteiger partial charge in [0, 0.05) is 44.8 Å². The third-order valence-electron chi connectivity index (χ3n) is 4.76. The minimum Gasteiger partial charge on any atom is -0.351 e. The van der Waals surface area contributed by atoms with Gasteiger partial charge in [-0.2, -0.15) is 5.10 Å². The third kappa shape index (κ3) is 4.20. The molecule has 27 heavy (non-hydrogen) atoms. The molecule has 4 rings (SSSR count). The van der Waals surface area contributed by atoms with E-state index in [9.17, 15) is 4.79 Å². The van der Waals surface area contributed by atoms with E-state index in [2.05, 4.69) is 60.3 Å². The zero-order valence-corrected chi connectivity index (χ0v) is 15.0. The van der Waals surface area contributed by atoms with Crippen LogP contribution in [0.1, 0.15) is 34.2 Å². The first kappa shape index (κ1) is 17.4. The van der Waals surface area contributed by atoms with Gasteiger partial charge in [-0.15, -0.1) is 0 Å². The Hall–Kier alpha value is -3.06. The number of rotatable bonds is 6. The average Bonchev–Trinajstić information content (AvgIpc) is 3.18. The highest BCUT2D eigenvalue weighted by molar-refractivity contribution is 5.91. The number of hydrogen-bond acceptors (Lipinski definition) is 5. The van der Waals surface area contributed by atoms with Crippen LogP contribution >= 0.6 is 0 Å². The Morgan fingerprint density at radius 1 is 1.15 bits per heavy atom. The summed E-state index contributed by atoms with van der Waals surface area (Å²) in [4.78, 5) is 22.5. The molecule has 3 aromatic rings. The van der Waals surface area contributed by atoms with E-state index in [-0.39, 0.29) is 11.9 Å². The molecule has 0 saturated heterocycles. The molecular formula is C20H22N6O. The Balaban J connectivity index is 1.37. The summed E-state index contributed by atoms with van der Waals surface area (Å²) in [6.07, 6.45) is 7.22. The van der Waals surface area contributed by atoms with Crippen molar-refractivity contribution in [1.29, 1.82) is 0 Å². The molecule has 0 aliphatic carbocycles. The summed E-state index contributed by atoms with van der Waals surface area (Å²) in [7, 11) is 0. The molecule has 0 fully saturated rings. The Kier molecular flexibility index (Phi) is 5.20. The third-order valence-corrected chi connectivity index (χ3v) is 4.76. The number of fused-ring (bicyclic) bond motifs is 1. The normalized spacial score (nSPS) is 16.7. The van der Waals surface area contributed by atoms with E-state index in [1.54, 1.807) is 6.20 Å². The van der Waals surface area contributed by atoms with Crippen molar-refractivity contribution < 1.29 is 4.79 Å². The summed E-state index contributed by atoms with van der Waals surface area (Å²) in [5.41, 5.74) is 2.86. The topological polar surface area (TPSA) is 75.9 Å². The second kappa shape index (κ2) is 8.09. The van der Waals surface area contributed by atoms with Crippen molar-refractivity contribution in [2.45, 2.75) is 25.6 Å². The highest BCUT2D eigenvalue weighted by Crippen LogP contribution is 2.24. The van der Waals surface area contributed by atoms with Crippen LogP contribution in [0.5, 0.6) is 0 Å². The molecule has 1 aliphatic heterocycles. The molecule has 1 N–H and O–H groups in total. The van der Waals surface area contributed by atoms with Crippen LogP contribution in [0.2, 0.25) is 0 Å². The van der Waals surface area contributed by atoms with Gasteiger partial charge in [-0.05, 0) is 18.1 Å². The van der Waals surface area contributed by atoms with E-state index in [0.29, 0.717) is 12.2 Å². The zero-order chi connectivity index (χ0) is 18.5. The fourth-order valence-electron chi connectivity index (χ4n) is 3.50. The van der Waals surface area contributed by atoms with Crippen LogP contribution in [-0.4, -0.2) is 43.6 Å². The fraction of sp³-hybridized carbons (Fsp3) is 0.300. The molecule has 0 bridgehead atoms. The zero-order valence-electron chi connectivity index (χ0n) is 15.0. The maximum absolute atomic E-state index is 12.1. The summed E-state index contributed by atoms with van der Waals surface area (Å²) >= 11 is 0. The van der Waals surface area contributed by atoms with Crippen LogP contribution in [0.3, 0.4) is 0 Å². The van der Waals surface area contributed by atoms with Gasteiger partial charge in [0.15, 0.2) is 0 Å². The van der Waals surface area contributed by atoms with E-state index in [1.165, 1.54) is 23.7 Å². The first-order valence-corrected chi connectivity index (χ1v) is 9.12. The first-order chi connectivity index (χ1) is 13.3. The number of nitrogens with one attached hydrogen (secondary N) is 1. The lowest BCUT2D eigenvalue weighted by atomic mass is 10.1. The van der Waals surface area contributed by atoms with Crippen molar-refractivity contribution in [3.8, 4) is 0 Å². The molecule has 1 aromatic carbocycles. The van der Waals surface area contributed by atoms with Gasteiger partial charge in [0.05, 0.1) is 17.9 Å². The number of benzene rings is 1. The smallest absolute Gasteiger partial charge is 0.271 e. The van der Waals surface area contributed by atoms with Gasteiger partial charge < -0.3 is 5.32 Å².